The minimum absolute atomic E-state index is 0.0233. The molecule has 0 unspecified atom stereocenters. The monoisotopic (exact) mass is 1430 g/mol. The van der Waals surface area contributed by atoms with E-state index in [9.17, 15) is 26.3 Å². The van der Waals surface area contributed by atoms with Crippen molar-refractivity contribution in [2.24, 2.45) is 42.3 Å². The molecule has 0 radical (unpaired) electrons. The van der Waals surface area contributed by atoms with Gasteiger partial charge in [0.1, 0.15) is 34.2 Å². The zero-order valence-corrected chi connectivity index (χ0v) is 64.6. The second kappa shape index (κ2) is 32.1. The summed E-state index contributed by atoms with van der Waals surface area (Å²) >= 11 is 0. The van der Waals surface area contributed by atoms with Gasteiger partial charge in [-0.2, -0.15) is 26.3 Å². The first-order chi connectivity index (χ1) is 48.8. The van der Waals surface area contributed by atoms with Crippen molar-refractivity contribution < 1.29 is 53.7 Å². The Morgan fingerprint density at radius 1 is 0.260 bits per heavy atom. The number of hydrogen-bond acceptors (Lipinski definition) is 18. The first-order valence-corrected chi connectivity index (χ1v) is 34.5. The second-order valence-corrected chi connectivity index (χ2v) is 25.4. The Labute approximate surface area is 600 Å². The molecule has 1 aromatic carbocycles. The third kappa shape index (κ3) is 16.6. The van der Waals surface area contributed by atoms with Crippen LogP contribution in [0.3, 0.4) is 0 Å². The topological polar surface area (TPSA) is 255 Å². The lowest BCUT2D eigenvalue weighted by atomic mass is 10.2. The van der Waals surface area contributed by atoms with Crippen molar-refractivity contribution in [1.82, 2.24) is 89.7 Å². The zero-order chi connectivity index (χ0) is 77.0. The normalized spacial score (nSPS) is 11.5. The summed E-state index contributed by atoms with van der Waals surface area (Å²) in [6.07, 6.45) is -3.95. The molecule has 0 N–H and O–H groups in total. The lowest BCUT2D eigenvalue weighted by Crippen LogP contribution is -2.38. The highest BCUT2D eigenvalue weighted by Crippen LogP contribution is 2.32. The summed E-state index contributed by atoms with van der Waals surface area (Å²) in [6.45, 7) is 38.4. The molecule has 12 aromatic heterocycles. The molecule has 12 heterocycles. The van der Waals surface area contributed by atoms with E-state index in [-0.39, 0.29) is 28.2 Å². The maximum Gasteiger partial charge on any atom is 0.437 e. The molecule has 0 aliphatic heterocycles. The van der Waals surface area contributed by atoms with Crippen LogP contribution in [0, 0.1) is 96.9 Å². The van der Waals surface area contributed by atoms with Crippen molar-refractivity contribution in [1.29, 1.82) is 0 Å². The van der Waals surface area contributed by atoms with Gasteiger partial charge < -0.3 is 0 Å². The van der Waals surface area contributed by atoms with Crippen molar-refractivity contribution in [2.45, 2.75) is 189 Å². The van der Waals surface area contributed by atoms with E-state index < -0.39 is 23.7 Å². The Kier molecular flexibility index (Phi) is 24.5. The lowest BCUT2D eigenvalue weighted by Gasteiger charge is -2.09. The number of nitrogens with zero attached hydrogens (tertiary/aromatic N) is 24. The number of alkyl halides is 6. The molecule has 0 fully saturated rings. The maximum absolute atomic E-state index is 12.8. The van der Waals surface area contributed by atoms with Crippen LogP contribution in [-0.4, -0.2) is 89.7 Å². The lowest BCUT2D eigenvalue weighted by molar-refractivity contribution is -0.687. The van der Waals surface area contributed by atoms with Gasteiger partial charge in [-0.25, -0.2) is 87.2 Å². The van der Waals surface area contributed by atoms with Crippen molar-refractivity contribution in [3.63, 3.8) is 0 Å². The molecule has 0 atom stereocenters. The number of aryl methyl sites for hydroxylation is 20. The number of aromatic nitrogens is 24. The molecule has 0 bridgehead atoms. The van der Waals surface area contributed by atoms with Crippen LogP contribution < -0.4 is 27.4 Å². The Balaban J connectivity index is 0.000000158. The van der Waals surface area contributed by atoms with Crippen LogP contribution in [0.2, 0.25) is 0 Å². The van der Waals surface area contributed by atoms with Crippen molar-refractivity contribution >= 4 is 78.3 Å². The minimum Gasteiger partial charge on any atom is -0.242 e. The molecule has 104 heavy (non-hydrogen) atoms. The van der Waals surface area contributed by atoms with Gasteiger partial charge in [-0.05, 0) is 97.4 Å². The summed E-state index contributed by atoms with van der Waals surface area (Å²) in [6, 6.07) is 7.90. The first-order valence-electron chi connectivity index (χ1n) is 34.5. The number of benzene rings is 1. The molecule has 0 saturated heterocycles. The number of rotatable bonds is 6. The van der Waals surface area contributed by atoms with Gasteiger partial charge >= 0.3 is 46.9 Å². The molecule has 0 spiro atoms. The van der Waals surface area contributed by atoms with Crippen LogP contribution in [0.1, 0.15) is 167 Å². The van der Waals surface area contributed by atoms with E-state index in [4.69, 9.17) is 0 Å². The van der Waals surface area contributed by atoms with Crippen LogP contribution in [0.4, 0.5) is 26.3 Å². The number of halogens is 6. The van der Waals surface area contributed by atoms with Crippen molar-refractivity contribution in [3.8, 4) is 0 Å². The van der Waals surface area contributed by atoms with E-state index in [0.717, 1.165) is 174 Å². The highest BCUT2D eigenvalue weighted by molar-refractivity contribution is 5.84. The van der Waals surface area contributed by atoms with Crippen LogP contribution in [0.5, 0.6) is 0 Å². The number of para-hydroxylation sites is 2. The summed E-state index contributed by atoms with van der Waals surface area (Å²) in [4.78, 5) is 78.3. The molecule has 0 saturated carbocycles. The van der Waals surface area contributed by atoms with Gasteiger partial charge in [0.2, 0.25) is 11.3 Å². The summed E-state index contributed by atoms with van der Waals surface area (Å²) in [5, 5.41) is 0. The van der Waals surface area contributed by atoms with E-state index in [1.54, 1.807) is 37.1 Å². The maximum atomic E-state index is 12.8. The Morgan fingerprint density at radius 2 is 0.519 bits per heavy atom. The molecular weight excluding hydrogens is 1340 g/mol. The molecule has 30 heteroatoms. The van der Waals surface area contributed by atoms with Crippen LogP contribution >= 0.6 is 0 Å². The SMILES string of the molecule is CCc1c(C)nc2nc(C(F)(F)F)c(C)nc2[n+]1C.CCc1c(C)nc2nc(C)c(C)nc2[n+]1C.CCc1nc2nc(C)c(C(F)(F)F)nc2c(C)[n+]1C.CCc1nc2nc(C)c(C)nc2c(C)[n+]1C.CCc1nc2nc(C)c(C)nc2c(C)[n+]1C.CCc1nc2nc3ccccc3nc2c(C)[n+]1C. The number of fused-ring (bicyclic) bond motifs is 7. The quantitative estimate of drug-likeness (QED) is 0.0852. The highest BCUT2D eigenvalue weighted by atomic mass is 19.4. The average Bonchev–Trinajstić information content (AvgIpc) is 0.803. The predicted octanol–water partition coefficient (Wildman–Crippen LogP) is 9.98. The van der Waals surface area contributed by atoms with Crippen molar-refractivity contribution in [3.05, 3.63) is 150 Å². The fraction of sp³-hybridized carbons (Fsp3) is 0.459. The van der Waals surface area contributed by atoms with Crippen LogP contribution in [-0.2, 0) is 93.2 Å². The molecule has 0 amide bonds. The van der Waals surface area contributed by atoms with Gasteiger partial charge in [-0.3, -0.25) is 0 Å². The smallest absolute Gasteiger partial charge is 0.242 e. The molecule has 546 valence electrons. The van der Waals surface area contributed by atoms with E-state index in [2.05, 4.69) is 156 Å². The van der Waals surface area contributed by atoms with Crippen LogP contribution in [0.15, 0.2) is 24.3 Å². The van der Waals surface area contributed by atoms with Gasteiger partial charge in [-0.15, -0.1) is 0 Å². The summed E-state index contributed by atoms with van der Waals surface area (Å²) < 4.78 is 88.7. The Hall–Kier alpha value is -10.4. The summed E-state index contributed by atoms with van der Waals surface area (Å²) in [5.74, 6) is 3.88. The molecular formula is C74H94F6N24+6. The molecule has 0 aliphatic carbocycles. The van der Waals surface area contributed by atoms with Gasteiger partial charge in [-0.1, -0.05) is 53.7 Å². The van der Waals surface area contributed by atoms with E-state index in [0.29, 0.717) is 23.5 Å². The third-order valence-corrected chi connectivity index (χ3v) is 18.7. The standard InChI is InChI=1S/C14H15N4.2C12H14F3N4.3C12H17N4/c1-4-12-17-14-13(9(2)18(12)3)15-10-7-5-6-8-11(10)16-14;1-5-8-17-11-9(7(3)19(8)4)18-10(6(2)16-11)12(13,14)15;1-5-8-6(2)16-10-11(19(8)4)17-7(3)9(18-10)12(13,14)15;2*1-6-10-15-12-11(9(4)16(10)5)13-7(2)8(3)14-12;1-6-10-9(4)14-11-12(16(10)5)15-8(3)7(2)13-11/h5-8H,4H2,1-3H3;2*5H2,1-4H3;3*6H2,1-5H3/q6*+1. The fourth-order valence-electron chi connectivity index (χ4n) is 11.8. The van der Waals surface area contributed by atoms with Gasteiger partial charge in [0.15, 0.2) is 44.8 Å². The molecule has 13 rings (SSSR count). The zero-order valence-electron chi connectivity index (χ0n) is 64.6. The van der Waals surface area contributed by atoms with E-state index in [1.807, 2.05) is 115 Å². The fourth-order valence-corrected chi connectivity index (χ4v) is 11.8. The third-order valence-electron chi connectivity index (χ3n) is 18.7. The van der Waals surface area contributed by atoms with E-state index >= 15 is 0 Å². The Bertz CT molecular complexity index is 5370. The highest BCUT2D eigenvalue weighted by Gasteiger charge is 2.39. The summed E-state index contributed by atoms with van der Waals surface area (Å²) in [5.41, 5.74) is 20.6. The van der Waals surface area contributed by atoms with Crippen molar-refractivity contribution in [2.75, 3.05) is 0 Å². The van der Waals surface area contributed by atoms with Crippen LogP contribution in [0.25, 0.3) is 78.3 Å². The molecule has 13 aromatic rings. The molecule has 24 nitrogen and oxygen atoms in total. The van der Waals surface area contributed by atoms with Gasteiger partial charge in [0, 0.05) is 54.4 Å². The van der Waals surface area contributed by atoms with Gasteiger partial charge in [0.25, 0.3) is 22.6 Å². The average molecular weight is 1430 g/mol. The largest absolute Gasteiger partial charge is 0.437 e. The summed E-state index contributed by atoms with van der Waals surface area (Å²) in [7, 11) is 11.6. The van der Waals surface area contributed by atoms with Gasteiger partial charge in [0.05, 0.1) is 125 Å². The minimum atomic E-state index is -4.51. The Morgan fingerprint density at radius 3 is 0.875 bits per heavy atom. The molecule has 0 aliphatic rings. The first kappa shape index (κ1) is 79.3. The number of hydrogen-bond donors (Lipinski definition) is 0. The predicted molar refractivity (Wildman–Crippen MR) is 381 cm³/mol. The second-order valence-electron chi connectivity index (χ2n) is 25.4. The van der Waals surface area contributed by atoms with E-state index in [1.165, 1.54) is 19.5 Å².